The van der Waals surface area contributed by atoms with Crippen molar-refractivity contribution in [2.24, 2.45) is 17.8 Å². The van der Waals surface area contributed by atoms with Crippen molar-refractivity contribution in [3.05, 3.63) is 90.5 Å². The molecule has 0 aliphatic carbocycles. The highest BCUT2D eigenvalue weighted by Gasteiger charge is 2.76. The highest BCUT2D eigenvalue weighted by Crippen LogP contribution is 2.69. The summed E-state index contributed by atoms with van der Waals surface area (Å²) < 4.78 is 4.46. The molecule has 3 heterocycles. The van der Waals surface area contributed by atoms with E-state index in [1.165, 1.54) is 0 Å². The first-order valence-electron chi connectivity index (χ1n) is 14.3. The van der Waals surface area contributed by atoms with E-state index in [1.807, 2.05) is 60.7 Å². The second kappa shape index (κ2) is 11.5. The molecule has 0 saturated carbocycles. The average molecular weight is 586 g/mol. The highest BCUT2D eigenvalue weighted by atomic mass is 32.2. The summed E-state index contributed by atoms with van der Waals surface area (Å²) in [5, 5.41) is 16.6. The molecule has 218 valence electrons. The van der Waals surface area contributed by atoms with Gasteiger partial charge in [-0.05, 0) is 60.7 Å². The monoisotopic (exact) mass is 585 g/mol. The third kappa shape index (κ3) is 4.74. The molecule has 6 rings (SSSR count). The van der Waals surface area contributed by atoms with E-state index in [0.29, 0.717) is 23.5 Å². The number of hydrogen-bond donors (Lipinski definition) is 3. The Morgan fingerprint density at radius 3 is 2.24 bits per heavy atom. The number of thioether (sulfide) groups is 1. The second-order valence-corrected chi connectivity index (χ2v) is 12.9. The van der Waals surface area contributed by atoms with Crippen LogP contribution in [0.1, 0.15) is 18.9 Å². The van der Waals surface area contributed by atoms with Gasteiger partial charge in [-0.1, -0.05) is 55.5 Å². The molecule has 2 bridgehead atoms. The fraction of sp³-hybridized carbons (Fsp3) is 0.364. The molecule has 3 aliphatic rings. The minimum Gasteiger partial charge on any atom is -0.497 e. The van der Waals surface area contributed by atoms with E-state index in [2.05, 4.69) is 17.6 Å². The first-order chi connectivity index (χ1) is 20.4. The van der Waals surface area contributed by atoms with Crippen LogP contribution in [0.4, 0.5) is 11.4 Å². The Kier molecular flexibility index (Phi) is 7.72. The van der Waals surface area contributed by atoms with Gasteiger partial charge in [0.15, 0.2) is 0 Å². The predicted molar refractivity (Wildman–Crippen MR) is 163 cm³/mol. The number of para-hydroxylation sites is 1. The van der Waals surface area contributed by atoms with Gasteiger partial charge in [0.1, 0.15) is 11.8 Å². The zero-order valence-electron chi connectivity index (χ0n) is 23.6. The molecule has 9 heteroatoms. The molecule has 3 aromatic carbocycles. The van der Waals surface area contributed by atoms with Crippen molar-refractivity contribution in [1.82, 2.24) is 4.90 Å². The number of carbonyl (C=O) groups is 3. The Morgan fingerprint density at radius 2 is 1.60 bits per heavy atom. The van der Waals surface area contributed by atoms with Gasteiger partial charge in [0.05, 0.1) is 36.3 Å². The predicted octanol–water partition coefficient (Wildman–Crippen LogP) is 4.21. The van der Waals surface area contributed by atoms with Crippen LogP contribution in [0.5, 0.6) is 5.75 Å². The van der Waals surface area contributed by atoms with Crippen LogP contribution in [-0.2, 0) is 20.8 Å². The van der Waals surface area contributed by atoms with Crippen LogP contribution in [0.3, 0.4) is 0 Å². The van der Waals surface area contributed by atoms with Crippen molar-refractivity contribution in [3.8, 4) is 5.75 Å². The van der Waals surface area contributed by atoms with E-state index in [-0.39, 0.29) is 35.5 Å². The number of hydrogen-bond acceptors (Lipinski definition) is 6. The van der Waals surface area contributed by atoms with Gasteiger partial charge in [0.25, 0.3) is 0 Å². The van der Waals surface area contributed by atoms with Gasteiger partial charge in [0.2, 0.25) is 17.7 Å². The molecule has 0 radical (unpaired) electrons. The standard InChI is InChI=1S/C33H35N3O5S/c1-20-17-26-27(30(38)34-22-11-7-4-8-12-22)28-32(40)36(24(19-37)18-21-9-5-3-6-10-21)29(33(20,28)42-26)31(39)35-23-13-15-25(41-2)16-14-23/h3-16,20,24,26-29,37H,17-19H2,1-2H3,(H,34,38)(H,35,39)/t20?,24-,26-,27+,28+,29?,33?/m1/s1. The van der Waals surface area contributed by atoms with Crippen molar-refractivity contribution in [2.45, 2.75) is 41.8 Å². The summed E-state index contributed by atoms with van der Waals surface area (Å²) in [5.74, 6) is -1.35. The van der Waals surface area contributed by atoms with E-state index in [0.717, 1.165) is 12.0 Å². The first-order valence-corrected chi connectivity index (χ1v) is 15.2. The number of nitrogens with one attached hydrogen (secondary N) is 2. The average Bonchev–Trinajstić information content (AvgIpc) is 3.61. The molecule has 7 atom stereocenters. The molecular weight excluding hydrogens is 550 g/mol. The number of likely N-dealkylation sites (tertiary alicyclic amines) is 1. The summed E-state index contributed by atoms with van der Waals surface area (Å²) in [5.41, 5.74) is 2.21. The molecule has 3 fully saturated rings. The normalized spacial score (nSPS) is 28.3. The Morgan fingerprint density at radius 1 is 0.976 bits per heavy atom. The lowest BCUT2D eigenvalue weighted by atomic mass is 9.66. The molecule has 1 spiro atoms. The number of aliphatic hydroxyl groups is 1. The molecule has 8 nitrogen and oxygen atoms in total. The van der Waals surface area contributed by atoms with Crippen molar-refractivity contribution in [2.75, 3.05) is 24.4 Å². The summed E-state index contributed by atoms with van der Waals surface area (Å²) in [4.78, 5) is 44.3. The molecule has 42 heavy (non-hydrogen) atoms. The Bertz CT molecular complexity index is 1450. The number of amides is 3. The summed E-state index contributed by atoms with van der Waals surface area (Å²) in [7, 11) is 1.58. The Hall–Kier alpha value is -3.82. The van der Waals surface area contributed by atoms with Gasteiger partial charge in [-0.25, -0.2) is 0 Å². The zero-order valence-corrected chi connectivity index (χ0v) is 24.4. The number of ether oxygens (including phenoxy) is 1. The maximum absolute atomic E-state index is 14.6. The number of rotatable bonds is 9. The fourth-order valence-electron chi connectivity index (χ4n) is 7.22. The SMILES string of the molecule is COc1ccc(NC(=O)C2N([C@@H](CO)Cc3ccccc3)C(=O)[C@@H]3[C@@H](C(=O)Nc4ccccc4)[C@H]4CC(C)C23S4)cc1. The number of nitrogens with zero attached hydrogens (tertiary/aromatic N) is 1. The van der Waals surface area contributed by atoms with Crippen LogP contribution in [0.25, 0.3) is 0 Å². The summed E-state index contributed by atoms with van der Waals surface area (Å²) in [6, 6.07) is 24.5. The lowest BCUT2D eigenvalue weighted by Gasteiger charge is -2.40. The van der Waals surface area contributed by atoms with E-state index in [9.17, 15) is 19.5 Å². The molecule has 3 unspecified atom stereocenters. The zero-order chi connectivity index (χ0) is 29.4. The molecule has 0 aromatic heterocycles. The highest BCUT2D eigenvalue weighted by molar-refractivity contribution is 8.02. The lowest BCUT2D eigenvalue weighted by molar-refractivity contribution is -0.141. The van der Waals surface area contributed by atoms with Crippen LogP contribution in [0, 0.1) is 17.8 Å². The number of anilines is 2. The maximum Gasteiger partial charge on any atom is 0.248 e. The van der Waals surface area contributed by atoms with Gasteiger partial charge in [0, 0.05) is 16.6 Å². The van der Waals surface area contributed by atoms with Crippen LogP contribution in [0.15, 0.2) is 84.9 Å². The molecule has 3 aromatic rings. The van der Waals surface area contributed by atoms with Crippen LogP contribution in [-0.4, -0.2) is 63.5 Å². The quantitative estimate of drug-likeness (QED) is 0.347. The van der Waals surface area contributed by atoms with Crippen LogP contribution >= 0.6 is 11.8 Å². The third-order valence-electron chi connectivity index (χ3n) is 9.05. The third-order valence-corrected chi connectivity index (χ3v) is 11.1. The van der Waals surface area contributed by atoms with Gasteiger partial charge in [-0.3, -0.25) is 14.4 Å². The summed E-state index contributed by atoms with van der Waals surface area (Å²) >= 11 is 1.61. The number of methoxy groups -OCH3 is 1. The summed E-state index contributed by atoms with van der Waals surface area (Å²) in [6.07, 6.45) is 1.12. The number of benzene rings is 3. The molecule has 3 saturated heterocycles. The number of aliphatic hydroxyl groups excluding tert-OH is 1. The Balaban J connectivity index is 1.38. The number of fused-ring (bicyclic) bond motifs is 1. The summed E-state index contributed by atoms with van der Waals surface area (Å²) in [6.45, 7) is 1.78. The smallest absolute Gasteiger partial charge is 0.248 e. The minimum atomic E-state index is -0.863. The fourth-order valence-corrected chi connectivity index (χ4v) is 9.63. The van der Waals surface area contributed by atoms with E-state index >= 15 is 0 Å². The van der Waals surface area contributed by atoms with Crippen molar-refractivity contribution < 1.29 is 24.2 Å². The van der Waals surface area contributed by atoms with Crippen molar-refractivity contribution in [1.29, 1.82) is 0 Å². The molecule has 3 N–H and O–H groups in total. The molecular formula is C33H35N3O5S. The van der Waals surface area contributed by atoms with E-state index in [1.54, 1.807) is 48.0 Å². The largest absolute Gasteiger partial charge is 0.497 e. The maximum atomic E-state index is 14.6. The van der Waals surface area contributed by atoms with E-state index < -0.39 is 28.7 Å². The number of carbonyl (C=O) groups excluding carboxylic acids is 3. The van der Waals surface area contributed by atoms with Gasteiger partial charge in [-0.15, -0.1) is 11.8 Å². The van der Waals surface area contributed by atoms with Gasteiger partial charge in [-0.2, -0.15) is 0 Å². The van der Waals surface area contributed by atoms with Crippen molar-refractivity contribution in [3.63, 3.8) is 0 Å². The van der Waals surface area contributed by atoms with Crippen LogP contribution < -0.4 is 15.4 Å². The Labute approximate surface area is 249 Å². The topological polar surface area (TPSA) is 108 Å². The van der Waals surface area contributed by atoms with Crippen LogP contribution in [0.2, 0.25) is 0 Å². The molecule has 3 aliphatic heterocycles. The first kappa shape index (κ1) is 28.3. The molecule has 3 amide bonds. The minimum absolute atomic E-state index is 0.00918. The second-order valence-electron chi connectivity index (χ2n) is 11.4. The van der Waals surface area contributed by atoms with Gasteiger partial charge < -0.3 is 25.4 Å². The van der Waals surface area contributed by atoms with Crippen molar-refractivity contribution >= 4 is 40.9 Å². The van der Waals surface area contributed by atoms with Gasteiger partial charge >= 0.3 is 0 Å². The lowest BCUT2D eigenvalue weighted by Crippen LogP contribution is -2.57. The van der Waals surface area contributed by atoms with E-state index in [4.69, 9.17) is 4.74 Å².